The molecule has 0 radical (unpaired) electrons. The zero-order valence-electron chi connectivity index (χ0n) is 18.5. The lowest BCUT2D eigenvalue weighted by Crippen LogP contribution is -2.58. The molecule has 176 valence electrons. The molecule has 1 saturated carbocycles. The van der Waals surface area contributed by atoms with Crippen molar-refractivity contribution in [3.63, 3.8) is 0 Å². The highest BCUT2D eigenvalue weighted by molar-refractivity contribution is 6.04. The molecule has 9 heteroatoms. The Balaban J connectivity index is 1.72. The van der Waals surface area contributed by atoms with Gasteiger partial charge in [-0.25, -0.2) is 8.78 Å². The summed E-state index contributed by atoms with van der Waals surface area (Å²) in [6, 6.07) is 2.97. The molecule has 1 fully saturated rings. The van der Waals surface area contributed by atoms with E-state index in [9.17, 15) is 28.3 Å². The van der Waals surface area contributed by atoms with Gasteiger partial charge in [0.1, 0.15) is 22.9 Å². The van der Waals surface area contributed by atoms with Gasteiger partial charge in [-0.05, 0) is 25.8 Å². The molecule has 1 amide bonds. The van der Waals surface area contributed by atoms with Crippen LogP contribution < -0.4 is 15.5 Å². The Morgan fingerprint density at radius 1 is 1.21 bits per heavy atom. The van der Waals surface area contributed by atoms with E-state index in [1.165, 1.54) is 23.9 Å². The number of nitrogens with one attached hydrogen (secondary N) is 1. The summed E-state index contributed by atoms with van der Waals surface area (Å²) in [4.78, 5) is 39.4. The maximum atomic E-state index is 13.9. The van der Waals surface area contributed by atoms with Crippen LogP contribution in [0.1, 0.15) is 65.4 Å². The highest BCUT2D eigenvalue weighted by atomic mass is 19.1. The zero-order chi connectivity index (χ0) is 24.0. The molecule has 2 aliphatic rings. The lowest BCUT2D eigenvalue weighted by Gasteiger charge is -2.47. The number of Topliss-reactive ketones (excluding diaryl/α,β-unsaturated/α-hetero) is 1. The van der Waals surface area contributed by atoms with E-state index < -0.39 is 34.0 Å². The molecule has 0 spiro atoms. The van der Waals surface area contributed by atoms with Crippen LogP contribution in [0.25, 0.3) is 0 Å². The van der Waals surface area contributed by atoms with Gasteiger partial charge in [-0.3, -0.25) is 14.4 Å². The average molecular weight is 460 g/mol. The van der Waals surface area contributed by atoms with Crippen LogP contribution in [0.5, 0.6) is 5.75 Å². The number of rotatable bonds is 4. The Morgan fingerprint density at radius 2 is 1.94 bits per heavy atom. The van der Waals surface area contributed by atoms with Gasteiger partial charge in [-0.2, -0.15) is 0 Å². The summed E-state index contributed by atoms with van der Waals surface area (Å²) in [6.45, 7) is 1.50. The van der Waals surface area contributed by atoms with Crippen LogP contribution in [0.2, 0.25) is 0 Å². The highest BCUT2D eigenvalue weighted by Gasteiger charge is 2.57. The van der Waals surface area contributed by atoms with Crippen molar-refractivity contribution >= 4 is 11.7 Å². The molecule has 7 nitrogen and oxygen atoms in total. The summed E-state index contributed by atoms with van der Waals surface area (Å²) in [7, 11) is 1.25. The van der Waals surface area contributed by atoms with E-state index in [1.807, 2.05) is 0 Å². The first-order valence-corrected chi connectivity index (χ1v) is 10.9. The second-order valence-electron chi connectivity index (χ2n) is 9.05. The number of nitrogens with zero attached hydrogens (tertiary/aromatic N) is 1. The number of carbonyl (C=O) groups is 2. The topological polar surface area (TPSA) is 97.6 Å². The second kappa shape index (κ2) is 8.37. The lowest BCUT2D eigenvalue weighted by atomic mass is 9.64. The van der Waals surface area contributed by atoms with Crippen molar-refractivity contribution in [2.24, 2.45) is 5.41 Å². The van der Waals surface area contributed by atoms with Gasteiger partial charge in [0.15, 0.2) is 11.5 Å². The SMILES string of the molecule is COc1c2n(cc(C(=O)NCc3ccc(F)cc3F)c1=O)C[C@]1(O)CCCCC[C@]1(C)C2=O. The largest absolute Gasteiger partial charge is 0.491 e. The number of hydrogen-bond donors (Lipinski definition) is 2. The Bertz CT molecular complexity index is 1190. The van der Waals surface area contributed by atoms with Crippen molar-refractivity contribution in [3.05, 3.63) is 63.1 Å². The molecule has 0 bridgehead atoms. The van der Waals surface area contributed by atoms with E-state index in [0.717, 1.165) is 25.3 Å². The van der Waals surface area contributed by atoms with Crippen molar-refractivity contribution in [1.29, 1.82) is 0 Å². The number of aliphatic hydroxyl groups is 1. The molecule has 33 heavy (non-hydrogen) atoms. The van der Waals surface area contributed by atoms with E-state index in [0.29, 0.717) is 18.9 Å². The lowest BCUT2D eigenvalue weighted by molar-refractivity contribution is -0.0832. The summed E-state index contributed by atoms with van der Waals surface area (Å²) < 4.78 is 33.7. The molecule has 4 rings (SSSR count). The highest BCUT2D eigenvalue weighted by Crippen LogP contribution is 2.49. The van der Waals surface area contributed by atoms with Crippen molar-refractivity contribution in [3.8, 4) is 5.75 Å². The minimum Gasteiger partial charge on any atom is -0.491 e. The van der Waals surface area contributed by atoms with Crippen molar-refractivity contribution in [1.82, 2.24) is 9.88 Å². The quantitative estimate of drug-likeness (QED) is 0.731. The van der Waals surface area contributed by atoms with Crippen molar-refractivity contribution in [2.45, 2.75) is 57.7 Å². The van der Waals surface area contributed by atoms with Crippen LogP contribution in [0.4, 0.5) is 8.78 Å². The van der Waals surface area contributed by atoms with Crippen LogP contribution in [-0.2, 0) is 13.1 Å². The number of amides is 1. The van der Waals surface area contributed by atoms with Crippen LogP contribution in [0.15, 0.2) is 29.2 Å². The number of hydrogen-bond acceptors (Lipinski definition) is 5. The predicted octanol–water partition coefficient (Wildman–Crippen LogP) is 2.96. The summed E-state index contributed by atoms with van der Waals surface area (Å²) in [5.41, 5.74) is -3.36. The van der Waals surface area contributed by atoms with Gasteiger partial charge in [0, 0.05) is 24.4 Å². The van der Waals surface area contributed by atoms with E-state index in [-0.39, 0.29) is 41.4 Å². The Labute approximate surface area is 189 Å². The van der Waals surface area contributed by atoms with Crippen LogP contribution in [0.3, 0.4) is 0 Å². The Kier molecular flexibility index (Phi) is 5.86. The van der Waals surface area contributed by atoms with Gasteiger partial charge in [-0.15, -0.1) is 0 Å². The third-order valence-electron chi connectivity index (χ3n) is 7.08. The maximum Gasteiger partial charge on any atom is 0.257 e. The normalized spacial score (nSPS) is 24.5. The molecule has 1 aliphatic heterocycles. The van der Waals surface area contributed by atoms with E-state index >= 15 is 0 Å². The Hall–Kier alpha value is -3.07. The molecular formula is C24H26F2N2O5. The third kappa shape index (κ3) is 3.74. The zero-order valence-corrected chi connectivity index (χ0v) is 18.5. The van der Waals surface area contributed by atoms with Crippen molar-refractivity contribution in [2.75, 3.05) is 7.11 Å². The monoisotopic (exact) mass is 460 g/mol. The predicted molar refractivity (Wildman–Crippen MR) is 115 cm³/mol. The number of benzene rings is 1. The van der Waals surface area contributed by atoms with Crippen LogP contribution in [-0.4, -0.2) is 34.1 Å². The first kappa shape index (κ1) is 23.1. The van der Waals surface area contributed by atoms with Gasteiger partial charge in [-0.1, -0.05) is 25.3 Å². The number of ketones is 1. The maximum absolute atomic E-state index is 13.9. The molecule has 1 aromatic heterocycles. The van der Waals surface area contributed by atoms with E-state index in [1.54, 1.807) is 6.92 Å². The number of methoxy groups -OCH3 is 1. The van der Waals surface area contributed by atoms with Crippen molar-refractivity contribution < 1.29 is 28.2 Å². The smallest absolute Gasteiger partial charge is 0.257 e. The van der Waals surface area contributed by atoms with Gasteiger partial charge in [0.25, 0.3) is 5.91 Å². The minimum absolute atomic E-state index is 0.0358. The van der Waals surface area contributed by atoms with E-state index in [4.69, 9.17) is 4.74 Å². The molecular weight excluding hydrogens is 434 g/mol. The molecule has 0 unspecified atom stereocenters. The number of halogens is 2. The second-order valence-corrected chi connectivity index (χ2v) is 9.05. The fraction of sp³-hybridized carbons (Fsp3) is 0.458. The van der Waals surface area contributed by atoms with Gasteiger partial charge in [0.2, 0.25) is 5.43 Å². The third-order valence-corrected chi connectivity index (χ3v) is 7.08. The summed E-state index contributed by atoms with van der Waals surface area (Å²) in [5.74, 6) is -3.00. The van der Waals surface area contributed by atoms with Crippen LogP contribution in [0, 0.1) is 17.0 Å². The average Bonchev–Trinajstić information content (AvgIpc) is 2.92. The van der Waals surface area contributed by atoms with Gasteiger partial charge in [0.05, 0.1) is 24.7 Å². The van der Waals surface area contributed by atoms with Gasteiger partial charge < -0.3 is 19.7 Å². The molecule has 2 heterocycles. The molecule has 2 atom stereocenters. The minimum atomic E-state index is -1.32. The first-order chi connectivity index (χ1) is 15.6. The van der Waals surface area contributed by atoms with Gasteiger partial charge >= 0.3 is 0 Å². The molecule has 2 N–H and O–H groups in total. The molecule has 2 aromatic rings. The summed E-state index contributed by atoms with van der Waals surface area (Å²) >= 11 is 0. The number of aromatic nitrogens is 1. The first-order valence-electron chi connectivity index (χ1n) is 10.9. The van der Waals surface area contributed by atoms with Crippen LogP contribution >= 0.6 is 0 Å². The standard InChI is InChI=1S/C24H26F2N2O5/c1-23-8-4-3-5-9-24(23,32)13-28-12-16(19(29)20(33-2)18(28)21(23)30)22(31)27-11-14-6-7-15(25)10-17(14)26/h6-7,10,12,32H,3-5,8-9,11,13H2,1-2H3,(H,27,31)/t23-,24-/m1/s1. The summed E-state index contributed by atoms with van der Waals surface area (Å²) in [5, 5.41) is 13.9. The number of ether oxygens (including phenoxy) is 1. The number of pyridine rings is 1. The molecule has 0 saturated heterocycles. The fourth-order valence-corrected chi connectivity index (χ4v) is 4.99. The molecule has 1 aliphatic carbocycles. The van der Waals surface area contributed by atoms with E-state index in [2.05, 4.69) is 5.32 Å². The fourth-order valence-electron chi connectivity index (χ4n) is 4.99. The Morgan fingerprint density at radius 3 is 2.64 bits per heavy atom. The number of fused-ring (bicyclic) bond motifs is 2. The number of carbonyl (C=O) groups excluding carboxylic acids is 2. The molecule has 1 aromatic carbocycles. The summed E-state index contributed by atoms with van der Waals surface area (Å²) in [6.07, 6.45) is 4.61.